The topological polar surface area (TPSA) is 59.0 Å². The number of aliphatic carboxylic acids is 1. The number of ether oxygens (including phenoxy) is 2. The molecular formula is C17H23NO4. The minimum Gasteiger partial charge on any atom is -0.490 e. The van der Waals surface area contributed by atoms with Crippen molar-refractivity contribution in [2.45, 2.75) is 32.7 Å². The zero-order chi connectivity index (χ0) is 15.6. The van der Waals surface area contributed by atoms with E-state index in [1.807, 2.05) is 25.1 Å². The van der Waals surface area contributed by atoms with Gasteiger partial charge in [-0.2, -0.15) is 0 Å². The molecule has 0 amide bonds. The maximum absolute atomic E-state index is 11.3. The van der Waals surface area contributed by atoms with Crippen molar-refractivity contribution in [3.63, 3.8) is 0 Å². The van der Waals surface area contributed by atoms with Gasteiger partial charge in [-0.05, 0) is 50.4 Å². The Morgan fingerprint density at radius 3 is 2.68 bits per heavy atom. The zero-order valence-electron chi connectivity index (χ0n) is 13.0. The Bertz CT molecular complexity index is 560. The summed E-state index contributed by atoms with van der Waals surface area (Å²) in [5.74, 6) is 0.905. The average molecular weight is 305 g/mol. The van der Waals surface area contributed by atoms with Gasteiger partial charge in [-0.1, -0.05) is 6.07 Å². The molecule has 0 bridgehead atoms. The predicted molar refractivity (Wildman–Crippen MR) is 82.3 cm³/mol. The molecule has 3 rings (SSSR count). The lowest BCUT2D eigenvalue weighted by molar-refractivity contribution is -0.147. The van der Waals surface area contributed by atoms with Gasteiger partial charge in [-0.3, -0.25) is 9.69 Å². The quantitative estimate of drug-likeness (QED) is 0.930. The Hall–Kier alpha value is -1.75. The van der Waals surface area contributed by atoms with E-state index in [9.17, 15) is 9.90 Å². The van der Waals surface area contributed by atoms with Crippen LogP contribution in [0.15, 0.2) is 18.2 Å². The van der Waals surface area contributed by atoms with E-state index in [1.54, 1.807) is 0 Å². The lowest BCUT2D eigenvalue weighted by Gasteiger charge is -2.21. The second-order valence-electron chi connectivity index (χ2n) is 6.51. The third kappa shape index (κ3) is 3.19. The molecule has 5 nitrogen and oxygen atoms in total. The number of carboxylic acids is 1. The minimum absolute atomic E-state index is 0.594. The first kappa shape index (κ1) is 15.2. The van der Waals surface area contributed by atoms with Crippen LogP contribution in [0.3, 0.4) is 0 Å². The Morgan fingerprint density at radius 1 is 1.27 bits per heavy atom. The molecule has 0 aliphatic carbocycles. The van der Waals surface area contributed by atoms with Crippen molar-refractivity contribution in [1.82, 2.24) is 4.90 Å². The van der Waals surface area contributed by atoms with E-state index in [4.69, 9.17) is 9.47 Å². The molecule has 0 aromatic heterocycles. The molecule has 2 heterocycles. The fourth-order valence-electron chi connectivity index (χ4n) is 3.08. The SMILES string of the molecule is CC1(C(=O)O)CCN(Cc2ccc3c(c2)OCCCCO3)C1. The third-order valence-electron chi connectivity index (χ3n) is 4.54. The van der Waals surface area contributed by atoms with Gasteiger partial charge >= 0.3 is 5.97 Å². The van der Waals surface area contributed by atoms with Crippen molar-refractivity contribution in [3.8, 4) is 11.5 Å². The summed E-state index contributed by atoms with van der Waals surface area (Å²) in [6.07, 6.45) is 2.72. The molecule has 0 radical (unpaired) electrons. The van der Waals surface area contributed by atoms with Crippen LogP contribution in [0.25, 0.3) is 0 Å². The van der Waals surface area contributed by atoms with Crippen LogP contribution in [0.4, 0.5) is 0 Å². The summed E-state index contributed by atoms with van der Waals surface area (Å²) in [7, 11) is 0. The second-order valence-corrected chi connectivity index (χ2v) is 6.51. The number of likely N-dealkylation sites (tertiary alicyclic amines) is 1. The number of fused-ring (bicyclic) bond motifs is 1. The average Bonchev–Trinajstić information content (AvgIpc) is 2.83. The van der Waals surface area contributed by atoms with Crippen molar-refractivity contribution < 1.29 is 19.4 Å². The van der Waals surface area contributed by atoms with Crippen molar-refractivity contribution in [2.24, 2.45) is 5.41 Å². The fourth-order valence-corrected chi connectivity index (χ4v) is 3.08. The van der Waals surface area contributed by atoms with E-state index in [0.717, 1.165) is 56.2 Å². The summed E-state index contributed by atoms with van der Waals surface area (Å²) >= 11 is 0. The smallest absolute Gasteiger partial charge is 0.310 e. The maximum Gasteiger partial charge on any atom is 0.310 e. The fraction of sp³-hybridized carbons (Fsp3) is 0.588. The van der Waals surface area contributed by atoms with Crippen LogP contribution in [0, 0.1) is 5.41 Å². The van der Waals surface area contributed by atoms with E-state index in [0.29, 0.717) is 13.0 Å². The number of carboxylic acid groups (broad SMARTS) is 1. The molecule has 1 aromatic carbocycles. The van der Waals surface area contributed by atoms with Crippen molar-refractivity contribution in [3.05, 3.63) is 23.8 Å². The Morgan fingerprint density at radius 2 is 2.00 bits per heavy atom. The summed E-state index contributed by atoms with van der Waals surface area (Å²) < 4.78 is 11.5. The zero-order valence-corrected chi connectivity index (χ0v) is 13.0. The number of hydrogen-bond donors (Lipinski definition) is 1. The van der Waals surface area contributed by atoms with Crippen LogP contribution in [0.1, 0.15) is 31.7 Å². The van der Waals surface area contributed by atoms with Gasteiger partial charge in [0.15, 0.2) is 11.5 Å². The predicted octanol–water partition coefficient (Wildman–Crippen LogP) is 2.53. The van der Waals surface area contributed by atoms with E-state index in [1.165, 1.54) is 0 Å². The van der Waals surface area contributed by atoms with Gasteiger partial charge in [0.05, 0.1) is 18.6 Å². The highest BCUT2D eigenvalue weighted by Crippen LogP contribution is 2.33. The van der Waals surface area contributed by atoms with E-state index >= 15 is 0 Å². The molecule has 2 aliphatic rings. The Labute approximate surface area is 130 Å². The molecule has 1 saturated heterocycles. The van der Waals surface area contributed by atoms with Crippen molar-refractivity contribution in [1.29, 1.82) is 0 Å². The lowest BCUT2D eigenvalue weighted by Crippen LogP contribution is -2.31. The second kappa shape index (κ2) is 6.16. The van der Waals surface area contributed by atoms with E-state index < -0.39 is 11.4 Å². The van der Waals surface area contributed by atoms with Crippen molar-refractivity contribution in [2.75, 3.05) is 26.3 Å². The Kier molecular flexibility index (Phi) is 4.25. The number of rotatable bonds is 3. The molecule has 1 atom stereocenters. The van der Waals surface area contributed by atoms with Gasteiger partial charge in [0.1, 0.15) is 0 Å². The largest absolute Gasteiger partial charge is 0.490 e. The van der Waals surface area contributed by atoms with Gasteiger partial charge in [0.25, 0.3) is 0 Å². The summed E-state index contributed by atoms with van der Waals surface area (Å²) in [5.41, 5.74) is 0.515. The highest BCUT2D eigenvalue weighted by Gasteiger charge is 2.40. The molecule has 0 spiro atoms. The summed E-state index contributed by atoms with van der Waals surface area (Å²) in [6.45, 7) is 5.44. The van der Waals surface area contributed by atoms with Crippen molar-refractivity contribution >= 4 is 5.97 Å². The molecule has 120 valence electrons. The lowest BCUT2D eigenvalue weighted by atomic mass is 9.90. The standard InChI is InChI=1S/C17H23NO4/c1-17(16(19)20)6-7-18(12-17)11-13-4-5-14-15(10-13)22-9-3-2-8-21-14/h4-5,10H,2-3,6-9,11-12H2,1H3,(H,19,20). The molecular weight excluding hydrogens is 282 g/mol. The monoisotopic (exact) mass is 305 g/mol. The van der Waals surface area contributed by atoms with Gasteiger partial charge in [-0.25, -0.2) is 0 Å². The van der Waals surface area contributed by atoms with Gasteiger partial charge < -0.3 is 14.6 Å². The van der Waals surface area contributed by atoms with Crippen LogP contribution in [-0.2, 0) is 11.3 Å². The highest BCUT2D eigenvalue weighted by molar-refractivity contribution is 5.74. The van der Waals surface area contributed by atoms with Crippen LogP contribution in [-0.4, -0.2) is 42.3 Å². The summed E-state index contributed by atoms with van der Waals surface area (Å²) in [4.78, 5) is 13.5. The van der Waals surface area contributed by atoms with Gasteiger partial charge in [0, 0.05) is 13.1 Å². The minimum atomic E-state index is -0.704. The molecule has 22 heavy (non-hydrogen) atoms. The molecule has 1 fully saturated rings. The van der Waals surface area contributed by atoms with E-state index in [-0.39, 0.29) is 0 Å². The molecule has 1 N–H and O–H groups in total. The first-order chi connectivity index (χ1) is 10.6. The van der Waals surface area contributed by atoms with Crippen LogP contribution in [0.5, 0.6) is 11.5 Å². The summed E-state index contributed by atoms with van der Waals surface area (Å²) in [6, 6.07) is 6.03. The van der Waals surface area contributed by atoms with Crippen LogP contribution in [0.2, 0.25) is 0 Å². The molecule has 1 unspecified atom stereocenters. The van der Waals surface area contributed by atoms with Crippen LogP contribution < -0.4 is 9.47 Å². The third-order valence-corrected chi connectivity index (χ3v) is 4.54. The maximum atomic E-state index is 11.3. The normalized spacial score (nSPS) is 25.5. The molecule has 5 heteroatoms. The number of nitrogens with zero attached hydrogens (tertiary/aromatic N) is 1. The van der Waals surface area contributed by atoms with E-state index in [2.05, 4.69) is 4.90 Å². The first-order valence-corrected chi connectivity index (χ1v) is 7.91. The van der Waals surface area contributed by atoms with Gasteiger partial charge in [-0.15, -0.1) is 0 Å². The summed E-state index contributed by atoms with van der Waals surface area (Å²) in [5, 5.41) is 9.31. The first-order valence-electron chi connectivity index (χ1n) is 7.91. The molecule has 1 aromatic rings. The molecule has 0 saturated carbocycles. The van der Waals surface area contributed by atoms with Crippen LogP contribution >= 0.6 is 0 Å². The molecule has 2 aliphatic heterocycles. The highest BCUT2D eigenvalue weighted by atomic mass is 16.5. The van der Waals surface area contributed by atoms with Gasteiger partial charge in [0.2, 0.25) is 0 Å². The number of benzene rings is 1. The number of carbonyl (C=O) groups is 1. The Balaban J connectivity index is 1.68. The number of hydrogen-bond acceptors (Lipinski definition) is 4.